The van der Waals surface area contributed by atoms with Gasteiger partial charge in [-0.05, 0) is 54.7 Å². The van der Waals surface area contributed by atoms with E-state index in [0.29, 0.717) is 39.7 Å². The quantitative estimate of drug-likeness (QED) is 0.348. The number of halogens is 1. The molecule has 1 aliphatic carbocycles. The van der Waals surface area contributed by atoms with E-state index in [1.807, 2.05) is 24.3 Å². The zero-order valence-corrected chi connectivity index (χ0v) is 21.4. The van der Waals surface area contributed by atoms with E-state index in [0.717, 1.165) is 31.2 Å². The normalized spacial score (nSPS) is 14.7. The molecule has 2 aromatic heterocycles. The minimum absolute atomic E-state index is 0.134. The molecule has 1 fully saturated rings. The molecule has 0 spiro atoms. The third-order valence-corrected chi connectivity index (χ3v) is 7.58. The Balaban J connectivity index is 1.58. The maximum absolute atomic E-state index is 13.7. The lowest BCUT2D eigenvalue weighted by Crippen LogP contribution is -2.36. The molecule has 5 rings (SSSR count). The molecule has 1 amide bonds. The van der Waals surface area contributed by atoms with Gasteiger partial charge >= 0.3 is 0 Å². The van der Waals surface area contributed by atoms with Crippen molar-refractivity contribution in [3.63, 3.8) is 0 Å². The second kappa shape index (κ2) is 10.4. The molecule has 0 bridgehead atoms. The largest absolute Gasteiger partial charge is 0.349 e. The second-order valence-corrected chi connectivity index (χ2v) is 10.8. The maximum atomic E-state index is 13.7. The first-order valence-electron chi connectivity index (χ1n) is 12.5. The number of carbonyl (C=O) groups excluding carboxylic acids is 1. The lowest BCUT2D eigenvalue weighted by Gasteiger charge is -2.22. The van der Waals surface area contributed by atoms with Gasteiger partial charge in [0, 0.05) is 23.9 Å². The summed E-state index contributed by atoms with van der Waals surface area (Å²) in [7, 11) is 0. The fourth-order valence-corrected chi connectivity index (χ4v) is 5.72. The number of hydrogen-bond donors (Lipinski definition) is 1. The topological polar surface area (TPSA) is 81.3 Å². The zero-order chi connectivity index (χ0) is 25.2. The average Bonchev–Trinajstić information content (AvgIpc) is 3.29. The van der Waals surface area contributed by atoms with Crippen LogP contribution in [0.3, 0.4) is 0 Å². The molecule has 2 aromatic carbocycles. The number of nitrogens with one attached hydrogen (secondary N) is 1. The van der Waals surface area contributed by atoms with Crippen LogP contribution in [0.4, 0.5) is 4.39 Å². The van der Waals surface area contributed by atoms with E-state index < -0.39 is 0 Å². The van der Waals surface area contributed by atoms with Crippen LogP contribution in [0.1, 0.15) is 61.9 Å². The number of amides is 1. The molecule has 1 aliphatic rings. The van der Waals surface area contributed by atoms with Crippen molar-refractivity contribution < 1.29 is 9.18 Å². The number of benzene rings is 2. The van der Waals surface area contributed by atoms with E-state index in [4.69, 9.17) is 0 Å². The maximum Gasteiger partial charge on any atom is 0.262 e. The average molecular weight is 508 g/mol. The van der Waals surface area contributed by atoms with Gasteiger partial charge in [0.15, 0.2) is 5.16 Å². The predicted octanol–water partition coefficient (Wildman–Crippen LogP) is 5.19. The van der Waals surface area contributed by atoms with Gasteiger partial charge in [0.05, 0.1) is 10.9 Å². The summed E-state index contributed by atoms with van der Waals surface area (Å²) in [6, 6.07) is 11.8. The lowest BCUT2D eigenvalue weighted by molar-refractivity contribution is 0.0928. The SMILES string of the molecule is CC(C)Cn1c(=O)c2ccc(C(=O)NC3CCCCC3)cc2n2c(SCc3cccc(F)c3)nnc12. The number of aromatic nitrogens is 4. The predicted molar refractivity (Wildman–Crippen MR) is 140 cm³/mol. The van der Waals surface area contributed by atoms with E-state index in [-0.39, 0.29) is 29.2 Å². The lowest BCUT2D eigenvalue weighted by atomic mass is 9.95. The molecular formula is C27H30FN5O2S. The van der Waals surface area contributed by atoms with Crippen molar-refractivity contribution in [3.05, 3.63) is 69.8 Å². The van der Waals surface area contributed by atoms with Crippen LogP contribution < -0.4 is 10.9 Å². The Bertz CT molecular complexity index is 1470. The summed E-state index contributed by atoms with van der Waals surface area (Å²) in [5, 5.41) is 13.0. The fraction of sp³-hybridized carbons (Fsp3) is 0.407. The molecule has 36 heavy (non-hydrogen) atoms. The first-order chi connectivity index (χ1) is 17.4. The number of rotatable bonds is 7. The third kappa shape index (κ3) is 5.02. The van der Waals surface area contributed by atoms with Crippen molar-refractivity contribution in [1.82, 2.24) is 24.5 Å². The molecule has 2 heterocycles. The van der Waals surface area contributed by atoms with Gasteiger partial charge in [-0.25, -0.2) is 4.39 Å². The summed E-state index contributed by atoms with van der Waals surface area (Å²) in [6.07, 6.45) is 5.47. The second-order valence-electron chi connectivity index (χ2n) is 9.89. The number of hydrogen-bond acceptors (Lipinski definition) is 5. The van der Waals surface area contributed by atoms with Crippen molar-refractivity contribution >= 4 is 34.3 Å². The molecule has 0 unspecified atom stereocenters. The van der Waals surface area contributed by atoms with E-state index in [1.54, 1.807) is 28.8 Å². The van der Waals surface area contributed by atoms with Crippen molar-refractivity contribution in [2.24, 2.45) is 5.92 Å². The van der Waals surface area contributed by atoms with E-state index in [2.05, 4.69) is 15.5 Å². The minimum atomic E-state index is -0.288. The van der Waals surface area contributed by atoms with Crippen LogP contribution in [-0.4, -0.2) is 31.1 Å². The summed E-state index contributed by atoms with van der Waals surface area (Å²) in [5.41, 5.74) is 1.77. The third-order valence-electron chi connectivity index (χ3n) is 6.58. The first-order valence-corrected chi connectivity index (χ1v) is 13.5. The van der Waals surface area contributed by atoms with Crippen molar-refractivity contribution in [1.29, 1.82) is 0 Å². The highest BCUT2D eigenvalue weighted by atomic mass is 32.2. The molecule has 4 aromatic rings. The van der Waals surface area contributed by atoms with Gasteiger partial charge in [-0.2, -0.15) is 0 Å². The molecule has 0 radical (unpaired) electrons. The van der Waals surface area contributed by atoms with Gasteiger partial charge in [-0.3, -0.25) is 18.6 Å². The molecule has 1 saturated carbocycles. The molecule has 0 atom stereocenters. The van der Waals surface area contributed by atoms with Crippen LogP contribution in [0.15, 0.2) is 52.4 Å². The van der Waals surface area contributed by atoms with Crippen LogP contribution in [0, 0.1) is 11.7 Å². The Hall–Kier alpha value is -3.20. The number of nitrogens with zero attached hydrogens (tertiary/aromatic N) is 4. The van der Waals surface area contributed by atoms with Crippen LogP contribution in [0.25, 0.3) is 16.7 Å². The molecule has 0 aliphatic heterocycles. The minimum Gasteiger partial charge on any atom is -0.349 e. The highest BCUT2D eigenvalue weighted by Crippen LogP contribution is 2.26. The van der Waals surface area contributed by atoms with Crippen molar-refractivity contribution in [2.75, 3.05) is 0 Å². The van der Waals surface area contributed by atoms with Gasteiger partial charge < -0.3 is 5.32 Å². The molecule has 7 nitrogen and oxygen atoms in total. The van der Waals surface area contributed by atoms with Crippen molar-refractivity contribution in [2.45, 2.75) is 69.4 Å². The summed E-state index contributed by atoms with van der Waals surface area (Å²) in [6.45, 7) is 4.58. The van der Waals surface area contributed by atoms with Gasteiger partial charge in [-0.1, -0.05) is 57.0 Å². The van der Waals surface area contributed by atoms with Gasteiger partial charge in [-0.15, -0.1) is 10.2 Å². The van der Waals surface area contributed by atoms with E-state index >= 15 is 0 Å². The Morgan fingerprint density at radius 1 is 1.14 bits per heavy atom. The number of thioether (sulfide) groups is 1. The standard InChI is InChI=1S/C27H30FN5O2S/c1-17(2)15-32-25(35)22-12-11-19(24(34)29-21-9-4-3-5-10-21)14-23(22)33-26(32)30-31-27(33)36-16-18-7-6-8-20(28)13-18/h6-8,11-14,17,21H,3-5,9-10,15-16H2,1-2H3,(H,29,34). The highest BCUT2D eigenvalue weighted by molar-refractivity contribution is 7.98. The number of fused-ring (bicyclic) bond motifs is 3. The van der Waals surface area contributed by atoms with Crippen LogP contribution in [-0.2, 0) is 12.3 Å². The summed E-state index contributed by atoms with van der Waals surface area (Å²) >= 11 is 1.42. The summed E-state index contributed by atoms with van der Waals surface area (Å²) in [5.74, 6) is 0.734. The smallest absolute Gasteiger partial charge is 0.262 e. The molecule has 9 heteroatoms. The summed E-state index contributed by atoms with van der Waals surface area (Å²) in [4.78, 5) is 26.5. The van der Waals surface area contributed by atoms with Crippen LogP contribution in [0.2, 0.25) is 0 Å². The highest BCUT2D eigenvalue weighted by Gasteiger charge is 2.21. The Morgan fingerprint density at radius 2 is 1.94 bits per heavy atom. The van der Waals surface area contributed by atoms with E-state index in [1.165, 1.54) is 30.3 Å². The van der Waals surface area contributed by atoms with Crippen molar-refractivity contribution in [3.8, 4) is 0 Å². The van der Waals surface area contributed by atoms with Gasteiger partial charge in [0.1, 0.15) is 5.82 Å². The van der Waals surface area contributed by atoms with E-state index in [9.17, 15) is 14.0 Å². The van der Waals surface area contributed by atoms with Crippen LogP contribution in [0.5, 0.6) is 0 Å². The molecule has 188 valence electrons. The monoisotopic (exact) mass is 507 g/mol. The van der Waals surface area contributed by atoms with Gasteiger partial charge in [0.2, 0.25) is 5.78 Å². The van der Waals surface area contributed by atoms with Gasteiger partial charge in [0.25, 0.3) is 11.5 Å². The molecule has 1 N–H and O–H groups in total. The fourth-order valence-electron chi connectivity index (χ4n) is 4.84. The summed E-state index contributed by atoms with van der Waals surface area (Å²) < 4.78 is 17.2. The molecular weight excluding hydrogens is 477 g/mol. The Labute approximate surface area is 213 Å². The zero-order valence-electron chi connectivity index (χ0n) is 20.5. The van der Waals surface area contributed by atoms with Crippen LogP contribution >= 0.6 is 11.8 Å². The number of carbonyl (C=O) groups is 1. The Kier molecular flexibility index (Phi) is 7.09. The Morgan fingerprint density at radius 3 is 2.69 bits per heavy atom. The molecule has 0 saturated heterocycles. The first kappa shape index (κ1) is 24.5.